The van der Waals surface area contributed by atoms with E-state index in [1.54, 1.807) is 0 Å². The SMILES string of the molecule is Cc1cc(Oc2ccc3c(c2)CCCC3)ccc1CBr. The second kappa shape index (κ2) is 6.01. The van der Waals surface area contributed by atoms with Gasteiger partial charge < -0.3 is 4.74 Å². The maximum atomic E-state index is 6.01. The summed E-state index contributed by atoms with van der Waals surface area (Å²) in [5, 5.41) is 0.887. The second-order valence-corrected chi connectivity index (χ2v) is 6.02. The van der Waals surface area contributed by atoms with E-state index in [0.29, 0.717) is 0 Å². The number of alkyl halides is 1. The zero-order valence-corrected chi connectivity index (χ0v) is 13.4. The number of hydrogen-bond acceptors (Lipinski definition) is 1. The first-order chi connectivity index (χ1) is 9.76. The lowest BCUT2D eigenvalue weighted by Gasteiger charge is -2.17. The van der Waals surface area contributed by atoms with Crippen molar-refractivity contribution in [2.75, 3.05) is 0 Å². The van der Waals surface area contributed by atoms with Gasteiger partial charge in [-0.05, 0) is 79.1 Å². The van der Waals surface area contributed by atoms with Crippen LogP contribution < -0.4 is 4.74 Å². The number of hydrogen-bond donors (Lipinski definition) is 0. The summed E-state index contributed by atoms with van der Waals surface area (Å²) in [4.78, 5) is 0. The van der Waals surface area contributed by atoms with Crippen molar-refractivity contribution in [3.8, 4) is 11.5 Å². The molecule has 0 spiro atoms. The molecule has 1 aliphatic carbocycles. The topological polar surface area (TPSA) is 9.23 Å². The summed E-state index contributed by atoms with van der Waals surface area (Å²) in [6.45, 7) is 2.12. The van der Waals surface area contributed by atoms with Gasteiger partial charge in [-0.25, -0.2) is 0 Å². The van der Waals surface area contributed by atoms with Crippen molar-refractivity contribution >= 4 is 15.9 Å². The van der Waals surface area contributed by atoms with Crippen LogP contribution >= 0.6 is 15.9 Å². The number of fused-ring (bicyclic) bond motifs is 1. The van der Waals surface area contributed by atoms with Crippen molar-refractivity contribution in [1.29, 1.82) is 0 Å². The highest BCUT2D eigenvalue weighted by molar-refractivity contribution is 9.08. The summed E-state index contributed by atoms with van der Waals surface area (Å²) in [6, 6.07) is 12.8. The van der Waals surface area contributed by atoms with Gasteiger partial charge in [-0.3, -0.25) is 0 Å². The number of halogens is 1. The molecular weight excluding hydrogens is 312 g/mol. The van der Waals surface area contributed by atoms with Crippen molar-refractivity contribution in [3.05, 3.63) is 58.7 Å². The van der Waals surface area contributed by atoms with Crippen molar-refractivity contribution in [2.24, 2.45) is 0 Å². The molecule has 1 aliphatic rings. The highest BCUT2D eigenvalue weighted by Crippen LogP contribution is 2.29. The highest BCUT2D eigenvalue weighted by atomic mass is 79.9. The minimum absolute atomic E-state index is 0.887. The fraction of sp³-hybridized carbons (Fsp3) is 0.333. The average molecular weight is 331 g/mol. The van der Waals surface area contributed by atoms with Crippen LogP contribution in [0.3, 0.4) is 0 Å². The first kappa shape index (κ1) is 13.7. The van der Waals surface area contributed by atoms with Gasteiger partial charge >= 0.3 is 0 Å². The smallest absolute Gasteiger partial charge is 0.127 e. The maximum Gasteiger partial charge on any atom is 0.127 e. The quantitative estimate of drug-likeness (QED) is 0.669. The van der Waals surface area contributed by atoms with Gasteiger partial charge in [0.2, 0.25) is 0 Å². The van der Waals surface area contributed by atoms with E-state index in [1.807, 2.05) is 6.07 Å². The zero-order valence-electron chi connectivity index (χ0n) is 11.8. The van der Waals surface area contributed by atoms with Crippen LogP contribution in [0, 0.1) is 6.92 Å². The van der Waals surface area contributed by atoms with Gasteiger partial charge in [0.05, 0.1) is 0 Å². The van der Waals surface area contributed by atoms with Crippen LogP contribution in [0.2, 0.25) is 0 Å². The van der Waals surface area contributed by atoms with Gasteiger partial charge in [-0.2, -0.15) is 0 Å². The van der Waals surface area contributed by atoms with Crippen LogP contribution in [-0.2, 0) is 18.2 Å². The summed E-state index contributed by atoms with van der Waals surface area (Å²) in [7, 11) is 0. The first-order valence-electron chi connectivity index (χ1n) is 7.21. The van der Waals surface area contributed by atoms with Gasteiger partial charge in [0.1, 0.15) is 11.5 Å². The van der Waals surface area contributed by atoms with E-state index < -0.39 is 0 Å². The lowest BCUT2D eigenvalue weighted by molar-refractivity contribution is 0.480. The Kier molecular flexibility index (Phi) is 4.11. The third kappa shape index (κ3) is 2.90. The van der Waals surface area contributed by atoms with Gasteiger partial charge in [0.25, 0.3) is 0 Å². The molecule has 2 aromatic carbocycles. The normalized spacial score (nSPS) is 13.9. The van der Waals surface area contributed by atoms with Gasteiger partial charge in [0.15, 0.2) is 0 Å². The van der Waals surface area contributed by atoms with E-state index >= 15 is 0 Å². The molecule has 1 nitrogen and oxygen atoms in total. The van der Waals surface area contributed by atoms with Crippen LogP contribution in [0.5, 0.6) is 11.5 Å². The Bertz CT molecular complexity index is 619. The van der Waals surface area contributed by atoms with Gasteiger partial charge in [-0.15, -0.1) is 0 Å². The lowest BCUT2D eigenvalue weighted by atomic mass is 9.92. The number of benzene rings is 2. The molecule has 0 unspecified atom stereocenters. The van der Waals surface area contributed by atoms with Crippen molar-refractivity contribution < 1.29 is 4.74 Å². The minimum Gasteiger partial charge on any atom is -0.457 e. The Morgan fingerprint density at radius 1 is 0.950 bits per heavy atom. The molecule has 2 aromatic rings. The molecule has 0 saturated carbocycles. The highest BCUT2D eigenvalue weighted by Gasteiger charge is 2.10. The molecular formula is C18H19BrO. The minimum atomic E-state index is 0.887. The number of aryl methyl sites for hydroxylation is 3. The Hall–Kier alpha value is -1.28. The molecule has 20 heavy (non-hydrogen) atoms. The van der Waals surface area contributed by atoms with E-state index in [0.717, 1.165) is 16.8 Å². The lowest BCUT2D eigenvalue weighted by Crippen LogP contribution is -2.02. The third-order valence-electron chi connectivity index (χ3n) is 4.01. The van der Waals surface area contributed by atoms with E-state index in [1.165, 1.54) is 47.9 Å². The summed E-state index contributed by atoms with van der Waals surface area (Å²) < 4.78 is 6.01. The van der Waals surface area contributed by atoms with Crippen molar-refractivity contribution in [1.82, 2.24) is 0 Å². The fourth-order valence-corrected chi connectivity index (χ4v) is 3.42. The van der Waals surface area contributed by atoms with Crippen LogP contribution in [0.15, 0.2) is 36.4 Å². The molecule has 0 N–H and O–H groups in total. The largest absolute Gasteiger partial charge is 0.457 e. The summed E-state index contributed by atoms with van der Waals surface area (Å²) in [5.41, 5.74) is 5.53. The summed E-state index contributed by atoms with van der Waals surface area (Å²) in [5.74, 6) is 1.87. The Morgan fingerprint density at radius 2 is 1.65 bits per heavy atom. The molecule has 0 saturated heterocycles. The molecule has 0 bridgehead atoms. The molecule has 104 valence electrons. The second-order valence-electron chi connectivity index (χ2n) is 5.46. The van der Waals surface area contributed by atoms with Crippen molar-refractivity contribution in [2.45, 2.75) is 37.9 Å². The summed E-state index contributed by atoms with van der Waals surface area (Å²) >= 11 is 3.50. The van der Waals surface area contributed by atoms with E-state index in [-0.39, 0.29) is 0 Å². The third-order valence-corrected chi connectivity index (χ3v) is 4.62. The van der Waals surface area contributed by atoms with Crippen molar-refractivity contribution in [3.63, 3.8) is 0 Å². The molecule has 0 aromatic heterocycles. The maximum absolute atomic E-state index is 6.01. The standard InChI is InChI=1S/C18H19BrO/c1-13-10-17(9-7-16(13)12-19)20-18-8-6-14-4-2-3-5-15(14)11-18/h6-11H,2-5,12H2,1H3. The number of ether oxygens (including phenoxy) is 1. The molecule has 0 atom stereocenters. The van der Waals surface area contributed by atoms with Gasteiger partial charge in [-0.1, -0.05) is 28.1 Å². The zero-order chi connectivity index (χ0) is 13.9. The molecule has 0 fully saturated rings. The Morgan fingerprint density at radius 3 is 2.40 bits per heavy atom. The van der Waals surface area contributed by atoms with E-state index in [4.69, 9.17) is 4.74 Å². The summed E-state index contributed by atoms with van der Waals surface area (Å²) in [6.07, 6.45) is 5.03. The molecule has 0 radical (unpaired) electrons. The van der Waals surface area contributed by atoms with Crippen LogP contribution in [0.4, 0.5) is 0 Å². The molecule has 3 rings (SSSR count). The predicted molar refractivity (Wildman–Crippen MR) is 87.0 cm³/mol. The fourth-order valence-electron chi connectivity index (χ4n) is 2.79. The van der Waals surface area contributed by atoms with Crippen LogP contribution in [-0.4, -0.2) is 0 Å². The molecule has 0 heterocycles. The van der Waals surface area contributed by atoms with Crippen LogP contribution in [0.1, 0.15) is 35.1 Å². The van der Waals surface area contributed by atoms with E-state index in [9.17, 15) is 0 Å². The average Bonchev–Trinajstić information content (AvgIpc) is 2.47. The van der Waals surface area contributed by atoms with Crippen LogP contribution in [0.25, 0.3) is 0 Å². The number of rotatable bonds is 3. The monoisotopic (exact) mass is 330 g/mol. The molecule has 0 aliphatic heterocycles. The Balaban J connectivity index is 1.82. The van der Waals surface area contributed by atoms with Gasteiger partial charge in [0, 0.05) is 5.33 Å². The molecule has 0 amide bonds. The predicted octanol–water partition coefficient (Wildman–Crippen LogP) is 5.56. The van der Waals surface area contributed by atoms with E-state index in [2.05, 4.69) is 53.2 Å². The first-order valence-corrected chi connectivity index (χ1v) is 8.33. The molecule has 2 heteroatoms. The Labute approximate surface area is 129 Å².